The van der Waals surface area contributed by atoms with Crippen LogP contribution in [0.5, 0.6) is 0 Å². The number of benzene rings is 1. The van der Waals surface area contributed by atoms with Crippen molar-refractivity contribution in [2.75, 3.05) is 0 Å². The molecule has 0 aromatic heterocycles. The molecule has 0 aliphatic rings. The van der Waals surface area contributed by atoms with E-state index in [1.54, 1.807) is 12.1 Å². The maximum Gasteiger partial charge on any atom is 0.295 e. The molecule has 0 radical (unpaired) electrons. The summed E-state index contributed by atoms with van der Waals surface area (Å²) in [5, 5.41) is 0. The lowest BCUT2D eigenvalue weighted by Crippen LogP contribution is -2.03. The van der Waals surface area contributed by atoms with E-state index < -0.39 is 10.1 Å². The molecular formula is C22H32O3S. The molecular weight excluding hydrogens is 344 g/mol. The molecule has 0 bridgehead atoms. The van der Waals surface area contributed by atoms with Crippen LogP contribution < -0.4 is 0 Å². The predicted molar refractivity (Wildman–Crippen MR) is 113 cm³/mol. The second-order valence-corrected chi connectivity index (χ2v) is 7.92. The quantitative estimate of drug-likeness (QED) is 0.305. The van der Waals surface area contributed by atoms with E-state index in [4.69, 9.17) is 0 Å². The average Bonchev–Trinajstić information content (AvgIpc) is 2.61. The van der Waals surface area contributed by atoms with Crippen LogP contribution in [0.4, 0.5) is 0 Å². The highest BCUT2D eigenvalue weighted by molar-refractivity contribution is 7.86. The van der Waals surface area contributed by atoms with Crippen LogP contribution in [0.15, 0.2) is 36.3 Å². The molecule has 0 saturated heterocycles. The van der Waals surface area contributed by atoms with E-state index >= 15 is 0 Å². The van der Waals surface area contributed by atoms with E-state index in [2.05, 4.69) is 26.2 Å². The molecule has 1 aromatic rings. The summed E-state index contributed by atoms with van der Waals surface area (Å²) in [5.41, 5.74) is 1.93. The highest BCUT2D eigenvalue weighted by Crippen LogP contribution is 2.26. The minimum absolute atomic E-state index is 0.136. The lowest BCUT2D eigenvalue weighted by atomic mass is 10.00. The topological polar surface area (TPSA) is 54.4 Å². The molecule has 0 unspecified atom stereocenters. The van der Waals surface area contributed by atoms with Crippen molar-refractivity contribution in [2.45, 2.75) is 69.6 Å². The van der Waals surface area contributed by atoms with Crippen molar-refractivity contribution in [1.29, 1.82) is 0 Å². The molecule has 1 rings (SSSR count). The van der Waals surface area contributed by atoms with E-state index in [0.29, 0.717) is 11.1 Å². The molecule has 0 amide bonds. The molecule has 0 aliphatic carbocycles. The van der Waals surface area contributed by atoms with Gasteiger partial charge in [0.05, 0.1) is 0 Å². The summed E-state index contributed by atoms with van der Waals surface area (Å²) in [7, 11) is -4.28. The van der Waals surface area contributed by atoms with Gasteiger partial charge in [-0.15, -0.1) is 0 Å². The van der Waals surface area contributed by atoms with Crippen molar-refractivity contribution in [1.82, 2.24) is 0 Å². The summed E-state index contributed by atoms with van der Waals surface area (Å²) in [4.78, 5) is -0.136. The fraction of sp³-hybridized carbons (Fsp3) is 0.455. The largest absolute Gasteiger partial charge is 0.295 e. The summed E-state index contributed by atoms with van der Waals surface area (Å²) < 4.78 is 32.3. The number of hydrogen-bond acceptors (Lipinski definition) is 2. The van der Waals surface area contributed by atoms with E-state index in [0.717, 1.165) is 18.4 Å². The van der Waals surface area contributed by atoms with Gasteiger partial charge in [0, 0.05) is 5.56 Å². The Balaban J connectivity index is 2.61. The highest BCUT2D eigenvalue weighted by atomic mass is 32.2. The van der Waals surface area contributed by atoms with Gasteiger partial charge in [-0.25, -0.2) is 0 Å². The first-order valence-electron chi connectivity index (χ1n) is 9.51. The summed E-state index contributed by atoms with van der Waals surface area (Å²) >= 11 is 0. The van der Waals surface area contributed by atoms with Crippen LogP contribution >= 0.6 is 0 Å². The summed E-state index contributed by atoms with van der Waals surface area (Å²) in [6.07, 6.45) is 18.5. The van der Waals surface area contributed by atoms with E-state index in [1.165, 1.54) is 57.1 Å². The first-order valence-corrected chi connectivity index (χ1v) is 11.0. The lowest BCUT2D eigenvalue weighted by molar-refractivity contribution is 0.483. The third-order valence-electron chi connectivity index (χ3n) is 4.49. The zero-order valence-electron chi connectivity index (χ0n) is 15.9. The van der Waals surface area contributed by atoms with Gasteiger partial charge in [0.15, 0.2) is 0 Å². The van der Waals surface area contributed by atoms with Crippen LogP contribution in [0.3, 0.4) is 0 Å². The Morgan fingerprint density at radius 2 is 1.50 bits per heavy atom. The van der Waals surface area contributed by atoms with Gasteiger partial charge in [0.1, 0.15) is 4.90 Å². The van der Waals surface area contributed by atoms with Crippen molar-refractivity contribution < 1.29 is 13.0 Å². The van der Waals surface area contributed by atoms with Crippen molar-refractivity contribution in [2.24, 2.45) is 0 Å². The van der Waals surface area contributed by atoms with Gasteiger partial charge >= 0.3 is 0 Å². The molecule has 0 aliphatic heterocycles. The minimum Gasteiger partial charge on any atom is -0.282 e. The molecule has 0 spiro atoms. The Morgan fingerprint density at radius 3 is 2.04 bits per heavy atom. The molecule has 144 valence electrons. The van der Waals surface area contributed by atoms with Gasteiger partial charge < -0.3 is 0 Å². The molecule has 0 atom stereocenters. The Bertz CT molecular complexity index is 715. The second-order valence-electron chi connectivity index (χ2n) is 6.53. The van der Waals surface area contributed by atoms with Crippen LogP contribution in [0.1, 0.15) is 81.4 Å². The van der Waals surface area contributed by atoms with Crippen LogP contribution in [0.2, 0.25) is 0 Å². The molecule has 0 fully saturated rings. The van der Waals surface area contributed by atoms with Crippen molar-refractivity contribution in [3.05, 3.63) is 48.1 Å². The summed E-state index contributed by atoms with van der Waals surface area (Å²) in [6.45, 7) is 9.66. The fourth-order valence-corrected chi connectivity index (χ4v) is 3.76. The van der Waals surface area contributed by atoms with Gasteiger partial charge in [0.2, 0.25) is 0 Å². The number of unbranched alkanes of at least 4 members (excludes halogenated alkanes) is 8. The first-order chi connectivity index (χ1) is 12.5. The normalized spacial score (nSPS) is 11.8. The van der Waals surface area contributed by atoms with E-state index in [9.17, 15) is 13.0 Å². The van der Waals surface area contributed by atoms with E-state index in [-0.39, 0.29) is 4.90 Å². The number of allylic oxidation sites excluding steroid dienone is 1. The molecule has 4 heteroatoms. The lowest BCUT2D eigenvalue weighted by Gasteiger charge is -2.10. The van der Waals surface area contributed by atoms with Crippen LogP contribution in [-0.2, 0) is 10.1 Å². The monoisotopic (exact) mass is 376 g/mol. The molecule has 26 heavy (non-hydrogen) atoms. The molecule has 0 saturated carbocycles. The van der Waals surface area contributed by atoms with Gasteiger partial charge in [0.25, 0.3) is 10.1 Å². The standard InChI is InChI=1S/C22H32O3S/c1-4-7-8-9-10-11-12-13-14-15-16-19-17-18-22(26(23,24)25)21(6-3)20(19)5-2/h5-6,15-18H,2-4,7-14H2,1H3,(H,23,24,25). The van der Waals surface area contributed by atoms with Gasteiger partial charge in [-0.2, -0.15) is 8.42 Å². The Morgan fingerprint density at radius 1 is 0.923 bits per heavy atom. The molecule has 1 aromatic carbocycles. The smallest absolute Gasteiger partial charge is 0.282 e. The summed E-state index contributed by atoms with van der Waals surface area (Å²) in [5.74, 6) is 0. The zero-order valence-corrected chi connectivity index (χ0v) is 16.7. The molecule has 0 heterocycles. The van der Waals surface area contributed by atoms with Gasteiger partial charge in [-0.05, 0) is 30.0 Å². The molecule has 3 nitrogen and oxygen atoms in total. The summed E-state index contributed by atoms with van der Waals surface area (Å²) in [6, 6.07) is 3.10. The van der Waals surface area contributed by atoms with Crippen molar-refractivity contribution in [3.8, 4) is 0 Å². The molecule has 1 N–H and O–H groups in total. The number of hydrogen-bond donors (Lipinski definition) is 1. The maximum atomic E-state index is 11.5. The van der Waals surface area contributed by atoms with Crippen LogP contribution in [-0.4, -0.2) is 13.0 Å². The van der Waals surface area contributed by atoms with Crippen LogP contribution in [0, 0.1) is 0 Å². The Kier molecular flexibility index (Phi) is 10.2. The zero-order chi connectivity index (χ0) is 19.4. The SMILES string of the molecule is C=Cc1c(C=CCCCCCCCCCC)ccc(S(=O)(=O)O)c1C=C. The van der Waals surface area contributed by atoms with Crippen LogP contribution in [0.25, 0.3) is 18.2 Å². The third kappa shape index (κ3) is 7.30. The fourth-order valence-electron chi connectivity index (χ4n) is 3.05. The Hall–Kier alpha value is -1.65. The Labute approximate surface area is 159 Å². The predicted octanol–water partition coefficient (Wildman–Crippen LogP) is 6.76. The van der Waals surface area contributed by atoms with Gasteiger partial charge in [-0.1, -0.05) is 95.4 Å². The van der Waals surface area contributed by atoms with Crippen molar-refractivity contribution in [3.63, 3.8) is 0 Å². The third-order valence-corrected chi connectivity index (χ3v) is 5.40. The van der Waals surface area contributed by atoms with Gasteiger partial charge in [-0.3, -0.25) is 4.55 Å². The second kappa shape index (κ2) is 11.9. The highest BCUT2D eigenvalue weighted by Gasteiger charge is 2.17. The van der Waals surface area contributed by atoms with Crippen molar-refractivity contribution >= 4 is 28.3 Å². The minimum atomic E-state index is -4.28. The van der Waals surface area contributed by atoms with E-state index in [1.807, 2.05) is 6.08 Å². The first kappa shape index (κ1) is 22.4. The number of rotatable bonds is 13. The maximum absolute atomic E-state index is 11.5. The average molecular weight is 377 g/mol.